The van der Waals surface area contributed by atoms with Crippen molar-refractivity contribution < 1.29 is 4.42 Å². The number of fused-ring (bicyclic) bond motifs is 18. The van der Waals surface area contributed by atoms with Gasteiger partial charge in [0.2, 0.25) is 5.95 Å². The number of rotatable bonds is 3. The van der Waals surface area contributed by atoms with Crippen LogP contribution in [-0.4, -0.2) is 19.1 Å². The summed E-state index contributed by atoms with van der Waals surface area (Å²) in [4.78, 5) is 11.3. The summed E-state index contributed by atoms with van der Waals surface area (Å²) in [6.45, 7) is 0. The molecule has 278 valence electrons. The standard InChI is InChI=1S/C54H30N4OS/c1-2-15-33(16-3-1)57-42-23-11-8-18-35(42)36-28-27-32(30-43(36)57)48-53-49(40-22-10-13-25-45(40)60-53)56-54(55-48)58-50-34-17-5-4-14-31(34)26-29-41(50)46-37-19-6-7-20-38(37)47-39-21-9-12-24-44(39)59-52(47)51(46)58/h1-30H. The predicted molar refractivity (Wildman–Crippen MR) is 251 cm³/mol. The number of nitrogens with zero attached hydrogens (tertiary/aromatic N) is 4. The molecule has 0 saturated carbocycles. The Kier molecular flexibility index (Phi) is 6.38. The van der Waals surface area contributed by atoms with Gasteiger partial charge in [0.1, 0.15) is 11.1 Å². The Labute approximate surface area is 345 Å². The van der Waals surface area contributed by atoms with E-state index >= 15 is 0 Å². The number of hydrogen-bond donors (Lipinski definition) is 0. The summed E-state index contributed by atoms with van der Waals surface area (Å²) in [6.07, 6.45) is 0. The molecule has 0 N–H and O–H groups in total. The highest BCUT2D eigenvalue weighted by Crippen LogP contribution is 2.48. The van der Waals surface area contributed by atoms with Crippen molar-refractivity contribution >= 4 is 119 Å². The second-order valence-electron chi connectivity index (χ2n) is 15.7. The van der Waals surface area contributed by atoms with Gasteiger partial charge in [0.05, 0.1) is 32.5 Å². The van der Waals surface area contributed by atoms with Crippen LogP contribution in [0.2, 0.25) is 0 Å². The molecule has 60 heavy (non-hydrogen) atoms. The lowest BCUT2D eigenvalue weighted by atomic mass is 9.98. The van der Waals surface area contributed by atoms with Gasteiger partial charge in [-0.25, -0.2) is 9.97 Å². The fourth-order valence-corrected chi connectivity index (χ4v) is 11.1. The van der Waals surface area contributed by atoms with Gasteiger partial charge in [-0.15, -0.1) is 11.3 Å². The highest BCUT2D eigenvalue weighted by atomic mass is 32.1. The van der Waals surface area contributed by atoms with Crippen molar-refractivity contribution in [3.63, 3.8) is 0 Å². The molecule has 5 nitrogen and oxygen atoms in total. The zero-order valence-electron chi connectivity index (χ0n) is 31.9. The van der Waals surface area contributed by atoms with Gasteiger partial charge in [-0.2, -0.15) is 0 Å². The number of aromatic nitrogens is 4. The molecule has 0 aliphatic carbocycles. The number of para-hydroxylation sites is 3. The van der Waals surface area contributed by atoms with Gasteiger partial charge >= 0.3 is 0 Å². The lowest BCUT2D eigenvalue weighted by molar-refractivity contribution is 0.671. The minimum absolute atomic E-state index is 0.609. The van der Waals surface area contributed by atoms with Crippen LogP contribution < -0.4 is 0 Å². The van der Waals surface area contributed by atoms with E-state index in [0.717, 1.165) is 92.6 Å². The van der Waals surface area contributed by atoms with Gasteiger partial charge in [0.15, 0.2) is 5.58 Å². The Morgan fingerprint density at radius 2 is 1.12 bits per heavy atom. The summed E-state index contributed by atoms with van der Waals surface area (Å²) in [7, 11) is 0. The largest absolute Gasteiger partial charge is 0.454 e. The summed E-state index contributed by atoms with van der Waals surface area (Å²) < 4.78 is 13.9. The zero-order valence-corrected chi connectivity index (χ0v) is 32.7. The maximum absolute atomic E-state index is 6.99. The first-order valence-corrected chi connectivity index (χ1v) is 21.1. The Morgan fingerprint density at radius 1 is 0.450 bits per heavy atom. The van der Waals surface area contributed by atoms with E-state index in [1.165, 1.54) is 31.8 Å². The van der Waals surface area contributed by atoms with Crippen LogP contribution in [0.3, 0.4) is 0 Å². The molecule has 0 spiro atoms. The molecule has 6 heteroatoms. The van der Waals surface area contributed by atoms with Crippen LogP contribution in [-0.2, 0) is 0 Å². The van der Waals surface area contributed by atoms with Crippen molar-refractivity contribution in [2.24, 2.45) is 0 Å². The van der Waals surface area contributed by atoms with Crippen molar-refractivity contribution in [3.8, 4) is 22.9 Å². The van der Waals surface area contributed by atoms with Crippen LogP contribution in [0, 0.1) is 0 Å². The third kappa shape index (κ3) is 4.24. The van der Waals surface area contributed by atoms with Crippen molar-refractivity contribution in [3.05, 3.63) is 182 Å². The molecule has 0 aliphatic heterocycles. The normalized spacial score (nSPS) is 12.3. The van der Waals surface area contributed by atoms with E-state index in [9.17, 15) is 0 Å². The average molecular weight is 783 g/mol. The van der Waals surface area contributed by atoms with Crippen LogP contribution in [0.25, 0.3) is 130 Å². The Morgan fingerprint density at radius 3 is 1.98 bits per heavy atom. The summed E-state index contributed by atoms with van der Waals surface area (Å²) in [5, 5.41) is 12.6. The molecule has 0 unspecified atom stereocenters. The summed E-state index contributed by atoms with van der Waals surface area (Å²) in [5.74, 6) is 0.609. The molecule has 0 fully saturated rings. The van der Waals surface area contributed by atoms with Crippen molar-refractivity contribution in [2.75, 3.05) is 0 Å². The molecule has 0 saturated heterocycles. The first kappa shape index (κ1) is 32.2. The van der Waals surface area contributed by atoms with Crippen LogP contribution in [0.4, 0.5) is 0 Å². The van der Waals surface area contributed by atoms with Gasteiger partial charge in [-0.1, -0.05) is 146 Å². The lowest BCUT2D eigenvalue weighted by Gasteiger charge is -2.12. The number of furan rings is 1. The summed E-state index contributed by atoms with van der Waals surface area (Å²) in [6, 6.07) is 65.1. The molecule has 5 aromatic heterocycles. The van der Waals surface area contributed by atoms with Gasteiger partial charge in [0, 0.05) is 59.0 Å². The van der Waals surface area contributed by atoms with Crippen LogP contribution in [0.1, 0.15) is 0 Å². The minimum Gasteiger partial charge on any atom is -0.454 e. The third-order valence-corrected chi connectivity index (χ3v) is 13.7. The fraction of sp³-hybridized carbons (Fsp3) is 0. The van der Waals surface area contributed by atoms with E-state index in [-0.39, 0.29) is 0 Å². The van der Waals surface area contributed by atoms with Crippen molar-refractivity contribution in [1.29, 1.82) is 0 Å². The number of benzene rings is 9. The molecule has 0 aliphatic rings. The highest BCUT2D eigenvalue weighted by molar-refractivity contribution is 7.26. The highest BCUT2D eigenvalue weighted by Gasteiger charge is 2.27. The van der Waals surface area contributed by atoms with Crippen LogP contribution in [0.15, 0.2) is 186 Å². The molecular formula is C54H30N4OS. The molecule has 5 heterocycles. The second kappa shape index (κ2) is 11.9. The molecule has 14 aromatic rings. The lowest BCUT2D eigenvalue weighted by Crippen LogP contribution is -2.03. The monoisotopic (exact) mass is 782 g/mol. The second-order valence-corrected chi connectivity index (χ2v) is 16.7. The van der Waals surface area contributed by atoms with Gasteiger partial charge in [0.25, 0.3) is 0 Å². The van der Waals surface area contributed by atoms with E-state index in [1.54, 1.807) is 11.3 Å². The van der Waals surface area contributed by atoms with Crippen LogP contribution >= 0.6 is 11.3 Å². The minimum atomic E-state index is 0.609. The molecule has 0 atom stereocenters. The first-order valence-electron chi connectivity index (χ1n) is 20.2. The summed E-state index contributed by atoms with van der Waals surface area (Å²) in [5.41, 5.74) is 10.0. The third-order valence-electron chi connectivity index (χ3n) is 12.5. The maximum atomic E-state index is 6.99. The number of hydrogen-bond acceptors (Lipinski definition) is 4. The van der Waals surface area contributed by atoms with E-state index in [2.05, 4.69) is 185 Å². The Balaban J connectivity index is 1.18. The van der Waals surface area contributed by atoms with Gasteiger partial charge in [-0.3, -0.25) is 4.57 Å². The molecule has 0 radical (unpaired) electrons. The predicted octanol–water partition coefficient (Wildman–Crippen LogP) is 14.9. The molecule has 0 bridgehead atoms. The Bertz CT molecular complexity index is 4130. The van der Waals surface area contributed by atoms with Gasteiger partial charge < -0.3 is 8.98 Å². The van der Waals surface area contributed by atoms with E-state index in [1.807, 2.05) is 6.07 Å². The molecule has 9 aromatic carbocycles. The van der Waals surface area contributed by atoms with E-state index < -0.39 is 0 Å². The van der Waals surface area contributed by atoms with Gasteiger partial charge in [-0.05, 0) is 52.6 Å². The molecule has 14 rings (SSSR count). The fourth-order valence-electron chi connectivity index (χ4n) is 9.98. The first-order chi connectivity index (χ1) is 29.8. The topological polar surface area (TPSA) is 48.8 Å². The van der Waals surface area contributed by atoms with Crippen molar-refractivity contribution in [2.45, 2.75) is 0 Å². The SMILES string of the molecule is c1ccc(-n2c3ccccc3c3ccc(-c4nc(-n5c6c7ccccc7ccc6c6c7ccccc7c7c8ccccc8oc7c65)nc5c4sc4ccccc45)cc32)cc1. The zero-order chi connectivity index (χ0) is 39.1. The molecular weight excluding hydrogens is 753 g/mol. The number of thiophene rings is 1. The quantitative estimate of drug-likeness (QED) is 0.179. The van der Waals surface area contributed by atoms with Crippen molar-refractivity contribution in [1.82, 2.24) is 19.1 Å². The maximum Gasteiger partial charge on any atom is 0.236 e. The van der Waals surface area contributed by atoms with E-state index in [4.69, 9.17) is 14.4 Å². The molecule has 0 amide bonds. The van der Waals surface area contributed by atoms with E-state index in [0.29, 0.717) is 5.95 Å². The Hall–Kier alpha value is -7.80. The summed E-state index contributed by atoms with van der Waals surface area (Å²) >= 11 is 1.76. The smallest absolute Gasteiger partial charge is 0.236 e. The average Bonchev–Trinajstić information content (AvgIpc) is 4.07. The van der Waals surface area contributed by atoms with Crippen LogP contribution in [0.5, 0.6) is 0 Å².